The molecule has 3 nitrogen and oxygen atoms in total. The molecule has 0 amide bonds. The number of unbranched alkanes of at least 4 members (excludes halogenated alkanes) is 3. The SMILES string of the molecule is CSCCCCCCN=C(N)N1CCCCC1.I. The molecule has 1 aliphatic rings. The standard InChI is InChI=1S/C13H27N3S.HI/c1-17-12-8-3-2-5-9-15-13(14)16-10-6-4-7-11-16;/h2-12H2,1H3,(H2,14,15);1H. The lowest BCUT2D eigenvalue weighted by Gasteiger charge is -2.27. The number of piperidine rings is 1. The van der Waals surface area contributed by atoms with Crippen molar-refractivity contribution >= 4 is 41.7 Å². The Balaban J connectivity index is 0.00000289. The quantitative estimate of drug-likeness (QED) is 0.316. The van der Waals surface area contributed by atoms with Gasteiger partial charge in [-0.15, -0.1) is 24.0 Å². The molecule has 0 aromatic rings. The molecule has 0 saturated carbocycles. The molecule has 0 bridgehead atoms. The van der Waals surface area contributed by atoms with Crippen LogP contribution in [0.25, 0.3) is 0 Å². The number of nitrogens with two attached hydrogens (primary N) is 1. The molecule has 5 heteroatoms. The highest BCUT2D eigenvalue weighted by Crippen LogP contribution is 2.08. The van der Waals surface area contributed by atoms with Crippen molar-refractivity contribution < 1.29 is 0 Å². The average molecular weight is 385 g/mol. The van der Waals surface area contributed by atoms with Crippen LogP contribution in [0.4, 0.5) is 0 Å². The first-order chi connectivity index (χ1) is 8.34. The zero-order valence-electron chi connectivity index (χ0n) is 11.6. The molecular weight excluding hydrogens is 357 g/mol. The summed E-state index contributed by atoms with van der Waals surface area (Å²) in [7, 11) is 0. The summed E-state index contributed by atoms with van der Waals surface area (Å²) in [6.45, 7) is 3.10. The molecule has 0 aromatic carbocycles. The van der Waals surface area contributed by atoms with E-state index in [9.17, 15) is 0 Å². The normalized spacial score (nSPS) is 16.5. The molecule has 1 fully saturated rings. The van der Waals surface area contributed by atoms with E-state index in [-0.39, 0.29) is 24.0 Å². The number of likely N-dealkylation sites (tertiary alicyclic amines) is 1. The Bertz CT molecular complexity index is 218. The number of guanidine groups is 1. The number of nitrogens with zero attached hydrogens (tertiary/aromatic N) is 2. The van der Waals surface area contributed by atoms with Crippen molar-refractivity contribution in [3.8, 4) is 0 Å². The van der Waals surface area contributed by atoms with Gasteiger partial charge in [0.25, 0.3) is 0 Å². The molecule has 0 aromatic heterocycles. The largest absolute Gasteiger partial charge is 0.370 e. The zero-order valence-corrected chi connectivity index (χ0v) is 14.7. The molecule has 1 heterocycles. The molecule has 18 heavy (non-hydrogen) atoms. The first-order valence-corrected chi connectivity index (χ1v) is 8.28. The molecule has 1 rings (SSSR count). The third-order valence-corrected chi connectivity index (χ3v) is 3.91. The first-order valence-electron chi connectivity index (χ1n) is 6.88. The lowest BCUT2D eigenvalue weighted by molar-refractivity contribution is 0.338. The Kier molecular flexibility index (Phi) is 12.6. The van der Waals surface area contributed by atoms with Crippen LogP contribution in [-0.4, -0.2) is 42.5 Å². The van der Waals surface area contributed by atoms with Crippen molar-refractivity contribution in [2.45, 2.75) is 44.9 Å². The van der Waals surface area contributed by atoms with Crippen molar-refractivity contribution in [3.63, 3.8) is 0 Å². The monoisotopic (exact) mass is 385 g/mol. The Morgan fingerprint density at radius 3 is 2.44 bits per heavy atom. The highest BCUT2D eigenvalue weighted by atomic mass is 127. The summed E-state index contributed by atoms with van der Waals surface area (Å²) in [5.74, 6) is 2.06. The van der Waals surface area contributed by atoms with Crippen molar-refractivity contribution in [1.29, 1.82) is 0 Å². The predicted molar refractivity (Wildman–Crippen MR) is 94.2 cm³/mol. The molecular formula is C13H28IN3S. The fourth-order valence-corrected chi connectivity index (χ4v) is 2.62. The number of thioether (sulfide) groups is 1. The molecule has 108 valence electrons. The average Bonchev–Trinajstić information content (AvgIpc) is 2.38. The van der Waals surface area contributed by atoms with Crippen LogP contribution in [0.3, 0.4) is 0 Å². The van der Waals surface area contributed by atoms with Crippen molar-refractivity contribution in [2.75, 3.05) is 31.6 Å². The minimum atomic E-state index is 0. The van der Waals surface area contributed by atoms with E-state index in [1.165, 1.54) is 50.7 Å². The van der Waals surface area contributed by atoms with E-state index in [2.05, 4.69) is 16.1 Å². The molecule has 0 aliphatic carbocycles. The maximum absolute atomic E-state index is 5.98. The van der Waals surface area contributed by atoms with E-state index in [4.69, 9.17) is 5.73 Å². The number of rotatable bonds is 7. The first kappa shape index (κ1) is 18.4. The van der Waals surface area contributed by atoms with E-state index in [0.717, 1.165) is 25.6 Å². The third kappa shape index (κ3) is 8.45. The molecule has 0 radical (unpaired) electrons. The van der Waals surface area contributed by atoms with E-state index in [1.54, 1.807) is 0 Å². The Morgan fingerprint density at radius 1 is 1.11 bits per heavy atom. The highest BCUT2D eigenvalue weighted by molar-refractivity contribution is 14.0. The van der Waals surface area contributed by atoms with Crippen molar-refractivity contribution in [2.24, 2.45) is 10.7 Å². The topological polar surface area (TPSA) is 41.6 Å². The van der Waals surface area contributed by atoms with Crippen molar-refractivity contribution in [1.82, 2.24) is 4.90 Å². The Morgan fingerprint density at radius 2 is 1.78 bits per heavy atom. The lowest BCUT2D eigenvalue weighted by atomic mass is 10.1. The van der Waals surface area contributed by atoms with Gasteiger partial charge in [0.05, 0.1) is 0 Å². The van der Waals surface area contributed by atoms with E-state index in [1.807, 2.05) is 11.8 Å². The van der Waals surface area contributed by atoms with E-state index >= 15 is 0 Å². The maximum atomic E-state index is 5.98. The maximum Gasteiger partial charge on any atom is 0.191 e. The van der Waals surface area contributed by atoms with Gasteiger partial charge in [-0.2, -0.15) is 11.8 Å². The fraction of sp³-hybridized carbons (Fsp3) is 0.923. The molecule has 0 unspecified atom stereocenters. The van der Waals surface area contributed by atoms with Gasteiger partial charge in [-0.25, -0.2) is 0 Å². The summed E-state index contributed by atoms with van der Waals surface area (Å²) in [6.07, 6.45) is 11.2. The van der Waals surface area contributed by atoms with Gasteiger partial charge in [0.2, 0.25) is 0 Å². The smallest absolute Gasteiger partial charge is 0.191 e. The summed E-state index contributed by atoms with van der Waals surface area (Å²) in [5.41, 5.74) is 5.98. The number of hydrogen-bond donors (Lipinski definition) is 1. The van der Waals surface area contributed by atoms with Gasteiger partial charge in [-0.1, -0.05) is 12.8 Å². The van der Waals surface area contributed by atoms with Crippen LogP contribution < -0.4 is 5.73 Å². The number of halogens is 1. The van der Waals surface area contributed by atoms with Crippen LogP contribution in [0.1, 0.15) is 44.9 Å². The minimum Gasteiger partial charge on any atom is -0.370 e. The van der Waals surface area contributed by atoms with Crippen LogP contribution in [0.15, 0.2) is 4.99 Å². The summed E-state index contributed by atoms with van der Waals surface area (Å²) in [6, 6.07) is 0. The minimum absolute atomic E-state index is 0. The van der Waals surface area contributed by atoms with Gasteiger partial charge < -0.3 is 10.6 Å². The molecule has 1 aliphatic heterocycles. The van der Waals surface area contributed by atoms with E-state index in [0.29, 0.717) is 0 Å². The van der Waals surface area contributed by atoms with Crippen LogP contribution >= 0.6 is 35.7 Å². The number of aliphatic imine (C=N–C) groups is 1. The fourth-order valence-electron chi connectivity index (χ4n) is 2.13. The summed E-state index contributed by atoms with van der Waals surface area (Å²) < 4.78 is 0. The Labute approximate surface area is 133 Å². The third-order valence-electron chi connectivity index (χ3n) is 3.21. The van der Waals surface area contributed by atoms with Crippen LogP contribution in [-0.2, 0) is 0 Å². The van der Waals surface area contributed by atoms with Crippen LogP contribution in [0.2, 0.25) is 0 Å². The van der Waals surface area contributed by atoms with Crippen LogP contribution in [0.5, 0.6) is 0 Å². The second-order valence-corrected chi connectivity index (χ2v) is 5.68. The lowest BCUT2D eigenvalue weighted by Crippen LogP contribution is -2.40. The second kappa shape index (κ2) is 12.4. The van der Waals surface area contributed by atoms with E-state index < -0.39 is 0 Å². The molecule has 2 N–H and O–H groups in total. The number of hydrogen-bond acceptors (Lipinski definition) is 2. The van der Waals surface area contributed by atoms with Gasteiger partial charge in [-0.3, -0.25) is 4.99 Å². The molecule has 1 saturated heterocycles. The van der Waals surface area contributed by atoms with Crippen molar-refractivity contribution in [3.05, 3.63) is 0 Å². The highest BCUT2D eigenvalue weighted by Gasteiger charge is 2.11. The predicted octanol–water partition coefficient (Wildman–Crippen LogP) is 3.33. The van der Waals surface area contributed by atoms with Gasteiger partial charge >= 0.3 is 0 Å². The van der Waals surface area contributed by atoms with Gasteiger partial charge in [0.1, 0.15) is 0 Å². The van der Waals surface area contributed by atoms with Gasteiger partial charge in [0, 0.05) is 19.6 Å². The van der Waals surface area contributed by atoms with Gasteiger partial charge in [-0.05, 0) is 44.1 Å². The zero-order chi connectivity index (χ0) is 12.3. The second-order valence-electron chi connectivity index (χ2n) is 4.69. The molecule has 0 atom stereocenters. The van der Waals surface area contributed by atoms with Gasteiger partial charge in [0.15, 0.2) is 5.96 Å². The summed E-state index contributed by atoms with van der Waals surface area (Å²) in [4.78, 5) is 6.71. The molecule has 0 spiro atoms. The summed E-state index contributed by atoms with van der Waals surface area (Å²) in [5, 5.41) is 0. The Hall–Kier alpha value is 0.350. The summed E-state index contributed by atoms with van der Waals surface area (Å²) >= 11 is 1.93. The van der Waals surface area contributed by atoms with Crippen LogP contribution in [0, 0.1) is 0 Å².